The second-order valence-electron chi connectivity index (χ2n) is 6.12. The molecule has 0 saturated carbocycles. The van der Waals surface area contributed by atoms with Crippen molar-refractivity contribution in [1.29, 1.82) is 0 Å². The highest BCUT2D eigenvalue weighted by atomic mass is 79.9. The number of anilines is 1. The monoisotopic (exact) mass is 400 g/mol. The van der Waals surface area contributed by atoms with E-state index in [0.29, 0.717) is 5.69 Å². The van der Waals surface area contributed by atoms with Gasteiger partial charge in [0.1, 0.15) is 0 Å². The molecule has 0 spiro atoms. The third-order valence-electron chi connectivity index (χ3n) is 4.11. The molecule has 1 aliphatic rings. The van der Waals surface area contributed by atoms with Gasteiger partial charge in [0.05, 0.1) is 11.6 Å². The van der Waals surface area contributed by atoms with Gasteiger partial charge in [0.15, 0.2) is 11.5 Å². The predicted octanol–water partition coefficient (Wildman–Crippen LogP) is 3.97. The first-order chi connectivity index (χ1) is 11.9. The van der Waals surface area contributed by atoms with Crippen molar-refractivity contribution in [3.05, 3.63) is 70.2 Å². The van der Waals surface area contributed by atoms with E-state index in [1.807, 2.05) is 6.07 Å². The third kappa shape index (κ3) is 3.09. The van der Waals surface area contributed by atoms with Gasteiger partial charge in [0, 0.05) is 28.5 Å². The van der Waals surface area contributed by atoms with Gasteiger partial charge in [0.2, 0.25) is 0 Å². The van der Waals surface area contributed by atoms with E-state index in [1.165, 1.54) is 4.90 Å². The number of hydrogen-bond acceptors (Lipinski definition) is 4. The molecule has 1 atom stereocenters. The number of aliphatic hydroxyl groups excluding tert-OH is 1. The van der Waals surface area contributed by atoms with Crippen LogP contribution in [0, 0.1) is 5.92 Å². The van der Waals surface area contributed by atoms with Crippen molar-refractivity contribution >= 4 is 33.3 Å². The van der Waals surface area contributed by atoms with Gasteiger partial charge in [-0.15, -0.1) is 0 Å². The van der Waals surface area contributed by atoms with Gasteiger partial charge in [-0.25, -0.2) is 0 Å². The highest BCUT2D eigenvalue weighted by molar-refractivity contribution is 9.10. The van der Waals surface area contributed by atoms with Crippen LogP contribution in [0.15, 0.2) is 64.6 Å². The van der Waals surface area contributed by atoms with Gasteiger partial charge in [-0.05, 0) is 35.9 Å². The van der Waals surface area contributed by atoms with E-state index in [1.54, 1.807) is 56.6 Å². The third-order valence-corrected chi connectivity index (χ3v) is 4.60. The number of aliphatic hydroxyl groups is 1. The van der Waals surface area contributed by atoms with E-state index in [2.05, 4.69) is 20.9 Å². The summed E-state index contributed by atoms with van der Waals surface area (Å²) in [4.78, 5) is 30.9. The molecule has 0 fully saturated rings. The van der Waals surface area contributed by atoms with Gasteiger partial charge in [-0.2, -0.15) is 0 Å². The first kappa shape index (κ1) is 17.4. The summed E-state index contributed by atoms with van der Waals surface area (Å²) >= 11 is 3.40. The molecule has 1 aromatic heterocycles. The van der Waals surface area contributed by atoms with Gasteiger partial charge < -0.3 is 5.11 Å². The van der Waals surface area contributed by atoms with Crippen LogP contribution >= 0.6 is 15.9 Å². The van der Waals surface area contributed by atoms with Crippen molar-refractivity contribution < 1.29 is 14.7 Å². The average Bonchev–Trinajstić information content (AvgIpc) is 2.86. The molecule has 2 aromatic rings. The van der Waals surface area contributed by atoms with Crippen LogP contribution < -0.4 is 4.90 Å². The number of pyridine rings is 1. The topological polar surface area (TPSA) is 70.5 Å². The first-order valence-electron chi connectivity index (χ1n) is 7.88. The maximum Gasteiger partial charge on any atom is 0.294 e. The predicted molar refractivity (Wildman–Crippen MR) is 98.1 cm³/mol. The largest absolute Gasteiger partial charge is 0.503 e. The number of carbonyl (C=O) groups excluding carboxylic acids is 2. The van der Waals surface area contributed by atoms with E-state index in [0.717, 1.165) is 10.0 Å². The molecule has 2 heterocycles. The molecule has 1 aromatic carbocycles. The van der Waals surface area contributed by atoms with Crippen LogP contribution in [0.2, 0.25) is 0 Å². The minimum atomic E-state index is -0.681. The molecular formula is C19H17BrN2O3. The summed E-state index contributed by atoms with van der Waals surface area (Å²) < 4.78 is 0.800. The molecular weight excluding hydrogens is 384 g/mol. The lowest BCUT2D eigenvalue weighted by atomic mass is 9.91. The second-order valence-corrected chi connectivity index (χ2v) is 7.04. The van der Waals surface area contributed by atoms with Gasteiger partial charge in [-0.1, -0.05) is 35.8 Å². The van der Waals surface area contributed by atoms with E-state index in [4.69, 9.17) is 0 Å². The average molecular weight is 401 g/mol. The Morgan fingerprint density at radius 1 is 1.24 bits per heavy atom. The zero-order valence-corrected chi connectivity index (χ0v) is 15.4. The Kier molecular flexibility index (Phi) is 4.72. The Labute approximate surface area is 154 Å². The molecule has 1 amide bonds. The molecule has 0 radical (unpaired) electrons. The van der Waals surface area contributed by atoms with Gasteiger partial charge in [0.25, 0.3) is 5.91 Å². The molecule has 128 valence electrons. The van der Waals surface area contributed by atoms with Crippen LogP contribution in [0.1, 0.15) is 25.5 Å². The zero-order chi connectivity index (χ0) is 18.1. The van der Waals surface area contributed by atoms with Crippen molar-refractivity contribution in [3.8, 4) is 0 Å². The fourth-order valence-corrected chi connectivity index (χ4v) is 3.31. The number of halogens is 1. The molecule has 6 heteroatoms. The fourth-order valence-electron chi connectivity index (χ4n) is 2.92. The lowest BCUT2D eigenvalue weighted by Crippen LogP contribution is -2.31. The second kappa shape index (κ2) is 6.80. The normalized spacial score (nSPS) is 17.5. The SMILES string of the molecule is CC(C)C(=O)C1=C(O)C(=O)N(c2cccc(Br)c2)C1c1ccncc1. The van der Waals surface area contributed by atoms with Crippen LogP contribution in [0.3, 0.4) is 0 Å². The van der Waals surface area contributed by atoms with Crippen LogP contribution in [0.5, 0.6) is 0 Å². The molecule has 1 N–H and O–H groups in total. The maximum absolute atomic E-state index is 12.8. The number of ketones is 1. The summed E-state index contributed by atoms with van der Waals surface area (Å²) in [5.41, 5.74) is 1.45. The Hall–Kier alpha value is -2.47. The minimum absolute atomic E-state index is 0.131. The lowest BCUT2D eigenvalue weighted by Gasteiger charge is -2.27. The molecule has 25 heavy (non-hydrogen) atoms. The summed E-state index contributed by atoms with van der Waals surface area (Å²) in [5, 5.41) is 10.4. The minimum Gasteiger partial charge on any atom is -0.503 e. The molecule has 0 bridgehead atoms. The Bertz CT molecular complexity index is 862. The molecule has 5 nitrogen and oxygen atoms in total. The smallest absolute Gasteiger partial charge is 0.294 e. The number of hydrogen-bond donors (Lipinski definition) is 1. The van der Waals surface area contributed by atoms with Crippen molar-refractivity contribution in [2.75, 3.05) is 4.90 Å². The summed E-state index contributed by atoms with van der Waals surface area (Å²) in [7, 11) is 0. The number of aromatic nitrogens is 1. The summed E-state index contributed by atoms with van der Waals surface area (Å²) in [6, 6.07) is 10.0. The summed E-state index contributed by atoms with van der Waals surface area (Å²) in [5.74, 6) is -1.65. The van der Waals surface area contributed by atoms with Gasteiger partial charge >= 0.3 is 0 Å². The number of nitrogens with zero attached hydrogens (tertiary/aromatic N) is 2. The molecule has 0 saturated heterocycles. The summed E-state index contributed by atoms with van der Waals surface area (Å²) in [6.45, 7) is 3.50. The van der Waals surface area contributed by atoms with Crippen molar-refractivity contribution in [1.82, 2.24) is 4.98 Å². The Balaban J connectivity index is 2.19. The van der Waals surface area contributed by atoms with Crippen LogP contribution in [-0.4, -0.2) is 21.8 Å². The number of benzene rings is 1. The van der Waals surface area contributed by atoms with E-state index in [9.17, 15) is 14.7 Å². The quantitative estimate of drug-likeness (QED) is 0.842. The van der Waals surface area contributed by atoms with Crippen LogP contribution in [0.25, 0.3) is 0 Å². The number of Topliss-reactive ketones (excluding diaryl/α,β-unsaturated/α-hetero) is 1. The van der Waals surface area contributed by atoms with Crippen LogP contribution in [0.4, 0.5) is 5.69 Å². The van der Waals surface area contributed by atoms with E-state index >= 15 is 0 Å². The Morgan fingerprint density at radius 2 is 1.92 bits per heavy atom. The summed E-state index contributed by atoms with van der Waals surface area (Å²) in [6.07, 6.45) is 3.21. The van der Waals surface area contributed by atoms with Crippen LogP contribution in [-0.2, 0) is 9.59 Å². The number of rotatable bonds is 4. The highest BCUT2D eigenvalue weighted by Gasteiger charge is 2.44. The number of amides is 1. The lowest BCUT2D eigenvalue weighted by molar-refractivity contribution is -0.119. The number of carbonyl (C=O) groups is 2. The van der Waals surface area contributed by atoms with E-state index in [-0.39, 0.29) is 17.3 Å². The van der Waals surface area contributed by atoms with Crippen molar-refractivity contribution in [2.24, 2.45) is 5.92 Å². The maximum atomic E-state index is 12.8. The zero-order valence-electron chi connectivity index (χ0n) is 13.8. The molecule has 0 aliphatic carbocycles. The molecule has 1 aliphatic heterocycles. The first-order valence-corrected chi connectivity index (χ1v) is 8.67. The molecule has 3 rings (SSSR count). The van der Waals surface area contributed by atoms with E-state index < -0.39 is 17.7 Å². The van der Waals surface area contributed by atoms with Gasteiger partial charge in [-0.3, -0.25) is 19.5 Å². The fraction of sp³-hybridized carbons (Fsp3) is 0.211. The highest BCUT2D eigenvalue weighted by Crippen LogP contribution is 2.42. The molecule has 1 unspecified atom stereocenters. The Morgan fingerprint density at radius 3 is 2.52 bits per heavy atom. The van der Waals surface area contributed by atoms with Crippen molar-refractivity contribution in [2.45, 2.75) is 19.9 Å². The standard InChI is InChI=1S/C19H17BrN2O3/c1-11(2)17(23)15-16(12-6-8-21-9-7-12)22(19(25)18(15)24)14-5-3-4-13(20)10-14/h3-11,16,24H,1-2H3. The van der Waals surface area contributed by atoms with Crippen molar-refractivity contribution in [3.63, 3.8) is 0 Å².